The van der Waals surface area contributed by atoms with Gasteiger partial charge < -0.3 is 10.2 Å². The molecule has 0 saturated carbocycles. The Hall–Kier alpha value is -2.71. The van der Waals surface area contributed by atoms with Gasteiger partial charge in [-0.15, -0.1) is 0 Å². The molecule has 0 bridgehead atoms. The number of amides is 1. The molecule has 1 aliphatic heterocycles. The van der Waals surface area contributed by atoms with Gasteiger partial charge in [0.05, 0.1) is 10.4 Å². The third-order valence-electron chi connectivity index (χ3n) is 5.60. The van der Waals surface area contributed by atoms with Crippen LogP contribution in [0.5, 0.6) is 0 Å². The van der Waals surface area contributed by atoms with Crippen LogP contribution in [0.3, 0.4) is 0 Å². The predicted octanol–water partition coefficient (Wildman–Crippen LogP) is 3.69. The number of aromatic nitrogens is 1. The normalized spacial score (nSPS) is 16.1. The Balaban J connectivity index is 1.53. The molecule has 30 heavy (non-hydrogen) atoms. The van der Waals surface area contributed by atoms with Crippen LogP contribution in [-0.4, -0.2) is 43.3 Å². The van der Waals surface area contributed by atoms with Gasteiger partial charge in [0.2, 0.25) is 5.91 Å². The van der Waals surface area contributed by atoms with Crippen LogP contribution < -0.4 is 5.32 Å². The number of hydrogen-bond donors (Lipinski definition) is 1. The summed E-state index contributed by atoms with van der Waals surface area (Å²) in [5.41, 5.74) is 0.838. The number of hydrogen-bond acceptors (Lipinski definition) is 4. The Morgan fingerprint density at radius 2 is 1.90 bits per heavy atom. The molecule has 1 saturated heterocycles. The first-order valence-corrected chi connectivity index (χ1v) is 11.4. The van der Waals surface area contributed by atoms with Gasteiger partial charge in [-0.1, -0.05) is 6.07 Å². The summed E-state index contributed by atoms with van der Waals surface area (Å²) in [6.45, 7) is 1.97. The van der Waals surface area contributed by atoms with Crippen molar-refractivity contribution in [3.05, 3.63) is 60.5 Å². The maximum Gasteiger partial charge on any atom is 0.268 e. The molecule has 0 spiro atoms. The van der Waals surface area contributed by atoms with E-state index < -0.39 is 15.8 Å². The minimum Gasteiger partial charge on any atom is -0.326 e. The molecule has 2 heterocycles. The van der Waals surface area contributed by atoms with Gasteiger partial charge in [0, 0.05) is 23.7 Å². The Morgan fingerprint density at radius 3 is 2.67 bits per heavy atom. The van der Waals surface area contributed by atoms with Crippen molar-refractivity contribution in [2.45, 2.75) is 24.2 Å². The van der Waals surface area contributed by atoms with Crippen LogP contribution in [0.15, 0.2) is 59.6 Å². The van der Waals surface area contributed by atoms with Crippen molar-refractivity contribution in [2.24, 2.45) is 5.92 Å². The fraction of sp³-hybridized carbons (Fsp3) is 0.318. The predicted molar refractivity (Wildman–Crippen MR) is 114 cm³/mol. The van der Waals surface area contributed by atoms with E-state index in [9.17, 15) is 17.6 Å². The summed E-state index contributed by atoms with van der Waals surface area (Å²) in [4.78, 5) is 14.8. The van der Waals surface area contributed by atoms with E-state index in [1.54, 1.807) is 18.2 Å². The summed E-state index contributed by atoms with van der Waals surface area (Å²) < 4.78 is 40.8. The zero-order valence-electron chi connectivity index (χ0n) is 16.7. The lowest BCUT2D eigenvalue weighted by Crippen LogP contribution is -2.31. The molecule has 2 aromatic carbocycles. The lowest BCUT2D eigenvalue weighted by Gasteiger charge is -2.28. The van der Waals surface area contributed by atoms with Crippen LogP contribution in [0.25, 0.3) is 10.9 Å². The second kappa shape index (κ2) is 8.20. The highest BCUT2D eigenvalue weighted by molar-refractivity contribution is 7.90. The number of halogens is 1. The fourth-order valence-electron chi connectivity index (χ4n) is 3.89. The number of fused-ring (bicyclic) bond motifs is 1. The number of likely N-dealkylation sites (tertiary alicyclic amines) is 1. The van der Waals surface area contributed by atoms with Crippen molar-refractivity contribution in [2.75, 3.05) is 25.5 Å². The SMILES string of the molecule is CN1CCC(CC(=O)Nc2cccc(S(=O)(=O)n3ccc4cc(F)ccc43)c2)CC1. The Kier molecular flexibility index (Phi) is 5.62. The van der Waals surface area contributed by atoms with Crippen LogP contribution in [0.1, 0.15) is 19.3 Å². The molecule has 0 unspecified atom stereocenters. The summed E-state index contributed by atoms with van der Waals surface area (Å²) in [5.74, 6) is -0.187. The highest BCUT2D eigenvalue weighted by atomic mass is 32.2. The zero-order valence-corrected chi connectivity index (χ0v) is 17.5. The summed E-state index contributed by atoms with van der Waals surface area (Å²) in [7, 11) is -1.81. The summed E-state index contributed by atoms with van der Waals surface area (Å²) in [6.07, 6.45) is 3.81. The first kappa shape index (κ1) is 20.6. The molecule has 0 radical (unpaired) electrons. The number of benzene rings is 2. The summed E-state index contributed by atoms with van der Waals surface area (Å²) in [5, 5.41) is 3.33. The minimum absolute atomic E-state index is 0.0569. The molecular weight excluding hydrogens is 405 g/mol. The van der Waals surface area contributed by atoms with E-state index in [0.29, 0.717) is 28.9 Å². The quantitative estimate of drug-likeness (QED) is 0.672. The minimum atomic E-state index is -3.89. The van der Waals surface area contributed by atoms with Gasteiger partial charge in [-0.25, -0.2) is 16.8 Å². The topological polar surface area (TPSA) is 71.4 Å². The average molecular weight is 430 g/mol. The van der Waals surface area contributed by atoms with Crippen LogP contribution in [0.2, 0.25) is 0 Å². The molecule has 0 atom stereocenters. The maximum atomic E-state index is 13.4. The summed E-state index contributed by atoms with van der Waals surface area (Å²) in [6, 6.07) is 11.7. The fourth-order valence-corrected chi connectivity index (χ4v) is 5.29. The van der Waals surface area contributed by atoms with Gasteiger partial charge in [-0.2, -0.15) is 0 Å². The van der Waals surface area contributed by atoms with E-state index in [-0.39, 0.29) is 10.8 Å². The van der Waals surface area contributed by atoms with Gasteiger partial charge in [-0.3, -0.25) is 4.79 Å². The van der Waals surface area contributed by atoms with Crippen LogP contribution in [-0.2, 0) is 14.8 Å². The molecule has 6 nitrogen and oxygen atoms in total. The van der Waals surface area contributed by atoms with Crippen molar-refractivity contribution in [1.29, 1.82) is 0 Å². The molecule has 1 amide bonds. The zero-order chi connectivity index (χ0) is 21.3. The molecule has 1 aliphatic rings. The van der Waals surface area contributed by atoms with Crippen molar-refractivity contribution in [3.63, 3.8) is 0 Å². The molecule has 4 rings (SSSR count). The van der Waals surface area contributed by atoms with Crippen LogP contribution >= 0.6 is 0 Å². The van der Waals surface area contributed by atoms with Gasteiger partial charge in [-0.05, 0) is 81.4 Å². The molecule has 1 fully saturated rings. The maximum absolute atomic E-state index is 13.4. The van der Waals surface area contributed by atoms with Gasteiger partial charge >= 0.3 is 0 Å². The van der Waals surface area contributed by atoms with Gasteiger partial charge in [0.15, 0.2) is 0 Å². The molecule has 8 heteroatoms. The number of carbonyl (C=O) groups is 1. The molecule has 0 aliphatic carbocycles. The summed E-state index contributed by atoms with van der Waals surface area (Å²) >= 11 is 0. The number of nitrogens with one attached hydrogen (secondary N) is 1. The standard InChI is InChI=1S/C22H24FN3O3S/c1-25-10-7-16(8-11-25)13-22(27)24-19-3-2-4-20(15-19)30(28,29)26-12-9-17-14-18(23)5-6-21(17)26/h2-6,9,12,14-16H,7-8,10-11,13H2,1H3,(H,24,27). The first-order chi connectivity index (χ1) is 14.3. The largest absolute Gasteiger partial charge is 0.326 e. The first-order valence-electron chi connectivity index (χ1n) is 9.93. The Morgan fingerprint density at radius 1 is 1.13 bits per heavy atom. The number of nitrogens with zero attached hydrogens (tertiary/aromatic N) is 2. The molecule has 1 aromatic heterocycles. The number of anilines is 1. The van der Waals surface area contributed by atoms with Gasteiger partial charge in [0.25, 0.3) is 10.0 Å². The van der Waals surface area contributed by atoms with E-state index in [0.717, 1.165) is 29.9 Å². The van der Waals surface area contributed by atoms with E-state index >= 15 is 0 Å². The lowest BCUT2D eigenvalue weighted by atomic mass is 9.93. The van der Waals surface area contributed by atoms with Crippen molar-refractivity contribution in [1.82, 2.24) is 8.87 Å². The van der Waals surface area contributed by atoms with Crippen LogP contribution in [0, 0.1) is 11.7 Å². The average Bonchev–Trinajstić information content (AvgIpc) is 3.13. The second-order valence-corrected chi connectivity index (χ2v) is 9.66. The molecular formula is C22H24FN3O3S. The van der Waals surface area contributed by atoms with Crippen LogP contribution in [0.4, 0.5) is 10.1 Å². The van der Waals surface area contributed by atoms with Crippen molar-refractivity contribution in [3.8, 4) is 0 Å². The smallest absolute Gasteiger partial charge is 0.268 e. The third kappa shape index (κ3) is 4.24. The van der Waals surface area contributed by atoms with E-state index in [1.807, 2.05) is 0 Å². The molecule has 3 aromatic rings. The number of carbonyl (C=O) groups excluding carboxylic acids is 1. The molecule has 158 valence electrons. The Labute approximate surface area is 175 Å². The highest BCUT2D eigenvalue weighted by Crippen LogP contribution is 2.25. The van der Waals surface area contributed by atoms with Crippen molar-refractivity contribution < 1.29 is 17.6 Å². The van der Waals surface area contributed by atoms with Gasteiger partial charge in [0.1, 0.15) is 5.82 Å². The Bertz CT molecular complexity index is 1180. The number of rotatable bonds is 5. The third-order valence-corrected chi connectivity index (χ3v) is 7.29. The lowest BCUT2D eigenvalue weighted by molar-refractivity contribution is -0.117. The second-order valence-electron chi connectivity index (χ2n) is 7.85. The number of piperidine rings is 1. The van der Waals surface area contributed by atoms with E-state index in [2.05, 4.69) is 17.3 Å². The van der Waals surface area contributed by atoms with E-state index in [4.69, 9.17) is 0 Å². The molecule has 1 N–H and O–H groups in total. The highest BCUT2D eigenvalue weighted by Gasteiger charge is 2.21. The van der Waals surface area contributed by atoms with Crippen molar-refractivity contribution >= 4 is 32.5 Å². The monoisotopic (exact) mass is 429 g/mol. The van der Waals surface area contributed by atoms with E-state index in [1.165, 1.54) is 36.5 Å².